The first-order valence-electron chi connectivity index (χ1n) is 11.9. The maximum Gasteiger partial charge on any atom is 0.408 e. The van der Waals surface area contributed by atoms with Crippen LogP contribution in [0.5, 0.6) is 0 Å². The van der Waals surface area contributed by atoms with Crippen LogP contribution in [0.25, 0.3) is 6.08 Å². The van der Waals surface area contributed by atoms with Crippen molar-refractivity contribution in [1.29, 1.82) is 0 Å². The topological polar surface area (TPSA) is 134 Å². The van der Waals surface area contributed by atoms with Crippen LogP contribution in [0, 0.1) is 0 Å². The van der Waals surface area contributed by atoms with Gasteiger partial charge in [-0.3, -0.25) is 14.4 Å². The average Bonchev–Trinajstić information content (AvgIpc) is 2.79. The van der Waals surface area contributed by atoms with Crippen LogP contribution in [0.2, 0.25) is 0 Å². The largest absolute Gasteiger partial charge is 0.466 e. The minimum absolute atomic E-state index is 0.00896. The highest BCUT2D eigenvalue weighted by molar-refractivity contribution is 5.92. The molecule has 0 aromatic heterocycles. The summed E-state index contributed by atoms with van der Waals surface area (Å²) in [5.41, 5.74) is 0.424. The standard InChI is InChI=1S/C26H39N3O7/c1-8-18-11-10-12-19(15-18)22(23(32)27-14-13-21(31)35-9-2)29(17(3)4)24(33)20(16-30)28-25(34)36-26(5,6)7/h8,10-12,15,17,20,22,30H,1,9,13-14,16H2,2-7H3,(H,27,32)(H,28,34). The van der Waals surface area contributed by atoms with Gasteiger partial charge in [-0.15, -0.1) is 0 Å². The number of aliphatic hydroxyl groups is 1. The zero-order valence-corrected chi connectivity index (χ0v) is 22.0. The van der Waals surface area contributed by atoms with Crippen LogP contribution >= 0.6 is 0 Å². The van der Waals surface area contributed by atoms with Crippen molar-refractivity contribution in [3.05, 3.63) is 42.0 Å². The molecule has 2 unspecified atom stereocenters. The smallest absolute Gasteiger partial charge is 0.408 e. The van der Waals surface area contributed by atoms with Crippen molar-refractivity contribution in [2.24, 2.45) is 0 Å². The minimum Gasteiger partial charge on any atom is -0.466 e. The molecule has 3 N–H and O–H groups in total. The van der Waals surface area contributed by atoms with Crippen molar-refractivity contribution in [2.45, 2.75) is 71.7 Å². The van der Waals surface area contributed by atoms with Gasteiger partial charge in [0.1, 0.15) is 17.7 Å². The Hall–Kier alpha value is -3.40. The number of nitrogens with zero attached hydrogens (tertiary/aromatic N) is 1. The van der Waals surface area contributed by atoms with E-state index in [1.165, 1.54) is 4.90 Å². The maximum atomic E-state index is 13.6. The minimum atomic E-state index is -1.35. The molecule has 1 aromatic rings. The van der Waals surface area contributed by atoms with Crippen LogP contribution in [0.1, 0.15) is 65.1 Å². The van der Waals surface area contributed by atoms with Crippen LogP contribution in [0.4, 0.5) is 4.79 Å². The summed E-state index contributed by atoms with van der Waals surface area (Å²) in [6.07, 6.45) is 0.706. The van der Waals surface area contributed by atoms with E-state index in [9.17, 15) is 24.3 Å². The van der Waals surface area contributed by atoms with E-state index in [4.69, 9.17) is 9.47 Å². The summed E-state index contributed by atoms with van der Waals surface area (Å²) in [6.45, 7) is 13.4. The van der Waals surface area contributed by atoms with Gasteiger partial charge in [0.15, 0.2) is 0 Å². The highest BCUT2D eigenvalue weighted by Gasteiger charge is 2.37. The number of amides is 3. The summed E-state index contributed by atoms with van der Waals surface area (Å²) >= 11 is 0. The first kappa shape index (κ1) is 30.6. The first-order chi connectivity index (χ1) is 16.8. The van der Waals surface area contributed by atoms with E-state index >= 15 is 0 Å². The zero-order valence-electron chi connectivity index (χ0n) is 22.0. The van der Waals surface area contributed by atoms with Crippen LogP contribution in [-0.2, 0) is 23.9 Å². The molecule has 0 radical (unpaired) electrons. The quantitative estimate of drug-likeness (QED) is 0.372. The number of aliphatic hydroxyl groups excluding tert-OH is 1. The molecule has 0 aliphatic heterocycles. The highest BCUT2D eigenvalue weighted by Crippen LogP contribution is 2.26. The molecule has 1 rings (SSSR count). The molecule has 0 spiro atoms. The van der Waals surface area contributed by atoms with E-state index in [0.717, 1.165) is 5.56 Å². The molecule has 36 heavy (non-hydrogen) atoms. The van der Waals surface area contributed by atoms with Crippen molar-refractivity contribution < 1.29 is 33.8 Å². The molecular weight excluding hydrogens is 466 g/mol. The Balaban J connectivity index is 3.32. The second-order valence-electron chi connectivity index (χ2n) is 9.34. The van der Waals surface area contributed by atoms with Crippen molar-refractivity contribution in [1.82, 2.24) is 15.5 Å². The van der Waals surface area contributed by atoms with Crippen molar-refractivity contribution in [3.63, 3.8) is 0 Å². The molecule has 0 bridgehead atoms. The monoisotopic (exact) mass is 505 g/mol. The Bertz CT molecular complexity index is 924. The number of ether oxygens (including phenoxy) is 2. The molecular formula is C26H39N3O7. The maximum absolute atomic E-state index is 13.6. The molecule has 0 fully saturated rings. The molecule has 2 atom stereocenters. The Morgan fingerprint density at radius 2 is 1.86 bits per heavy atom. The Labute approximate surface area is 213 Å². The fourth-order valence-corrected chi connectivity index (χ4v) is 3.41. The number of rotatable bonds is 12. The lowest BCUT2D eigenvalue weighted by molar-refractivity contribution is -0.146. The summed E-state index contributed by atoms with van der Waals surface area (Å²) in [6, 6.07) is 3.99. The Kier molecular flexibility index (Phi) is 12.1. The Morgan fingerprint density at radius 3 is 2.39 bits per heavy atom. The number of alkyl carbamates (subject to hydrolysis) is 1. The van der Waals surface area contributed by atoms with Gasteiger partial charge in [-0.1, -0.05) is 30.9 Å². The van der Waals surface area contributed by atoms with E-state index in [0.29, 0.717) is 5.56 Å². The number of carbonyl (C=O) groups is 4. The molecule has 0 saturated heterocycles. The van der Waals surface area contributed by atoms with Gasteiger partial charge in [0.2, 0.25) is 11.8 Å². The highest BCUT2D eigenvalue weighted by atomic mass is 16.6. The second kappa shape index (κ2) is 14.2. The number of nitrogens with one attached hydrogen (secondary N) is 2. The van der Waals surface area contributed by atoms with Gasteiger partial charge in [-0.25, -0.2) is 4.79 Å². The lowest BCUT2D eigenvalue weighted by Crippen LogP contribution is -2.56. The van der Waals surface area contributed by atoms with E-state index < -0.39 is 54.2 Å². The first-order valence-corrected chi connectivity index (χ1v) is 11.9. The van der Waals surface area contributed by atoms with Gasteiger partial charge in [0.25, 0.3) is 0 Å². The van der Waals surface area contributed by atoms with Crippen molar-refractivity contribution in [2.75, 3.05) is 19.8 Å². The van der Waals surface area contributed by atoms with E-state index in [-0.39, 0.29) is 19.6 Å². The molecule has 10 heteroatoms. The van der Waals surface area contributed by atoms with Crippen LogP contribution in [0.3, 0.4) is 0 Å². The second-order valence-corrected chi connectivity index (χ2v) is 9.34. The molecule has 0 aliphatic rings. The van der Waals surface area contributed by atoms with Gasteiger partial charge < -0.3 is 30.1 Å². The summed E-state index contributed by atoms with van der Waals surface area (Å²) in [5.74, 6) is -1.66. The zero-order chi connectivity index (χ0) is 27.5. The fraction of sp³-hybridized carbons (Fsp3) is 0.538. The summed E-state index contributed by atoms with van der Waals surface area (Å²) in [5, 5.41) is 15.0. The van der Waals surface area contributed by atoms with Crippen LogP contribution in [-0.4, -0.2) is 71.3 Å². The third-order valence-electron chi connectivity index (χ3n) is 4.90. The van der Waals surface area contributed by atoms with E-state index in [1.807, 2.05) is 0 Å². The summed E-state index contributed by atoms with van der Waals surface area (Å²) in [4.78, 5) is 52.3. The van der Waals surface area contributed by atoms with Crippen LogP contribution in [0.15, 0.2) is 30.8 Å². The number of esters is 1. The van der Waals surface area contributed by atoms with Gasteiger partial charge in [-0.05, 0) is 58.7 Å². The molecule has 0 saturated carbocycles. The van der Waals surface area contributed by atoms with E-state index in [1.54, 1.807) is 71.9 Å². The molecule has 0 aliphatic carbocycles. The predicted octanol–water partition coefficient (Wildman–Crippen LogP) is 2.56. The molecule has 10 nitrogen and oxygen atoms in total. The number of carbonyl (C=O) groups excluding carboxylic acids is 4. The molecule has 200 valence electrons. The van der Waals surface area contributed by atoms with Crippen LogP contribution < -0.4 is 10.6 Å². The van der Waals surface area contributed by atoms with Gasteiger partial charge in [-0.2, -0.15) is 0 Å². The third kappa shape index (κ3) is 9.69. The molecule has 0 heterocycles. The van der Waals surface area contributed by atoms with Gasteiger partial charge >= 0.3 is 12.1 Å². The van der Waals surface area contributed by atoms with Crippen molar-refractivity contribution >= 4 is 30.0 Å². The molecule has 1 aromatic carbocycles. The summed E-state index contributed by atoms with van der Waals surface area (Å²) < 4.78 is 10.1. The summed E-state index contributed by atoms with van der Waals surface area (Å²) in [7, 11) is 0. The average molecular weight is 506 g/mol. The van der Waals surface area contributed by atoms with Crippen molar-refractivity contribution in [3.8, 4) is 0 Å². The lowest BCUT2D eigenvalue weighted by Gasteiger charge is -2.37. The normalized spacial score (nSPS) is 12.8. The third-order valence-corrected chi connectivity index (χ3v) is 4.90. The number of hydrogen-bond acceptors (Lipinski definition) is 7. The predicted molar refractivity (Wildman–Crippen MR) is 136 cm³/mol. The SMILES string of the molecule is C=Cc1cccc(C(C(=O)NCCC(=O)OCC)N(C(=O)C(CO)NC(=O)OC(C)(C)C)C(C)C)c1. The van der Waals surface area contributed by atoms with Gasteiger partial charge in [0.05, 0.1) is 19.6 Å². The van der Waals surface area contributed by atoms with E-state index in [2.05, 4.69) is 17.2 Å². The molecule has 3 amide bonds. The Morgan fingerprint density at radius 1 is 1.19 bits per heavy atom. The number of hydrogen-bond donors (Lipinski definition) is 3. The lowest BCUT2D eigenvalue weighted by atomic mass is 9.99. The fourth-order valence-electron chi connectivity index (χ4n) is 3.41. The number of benzene rings is 1. The van der Waals surface area contributed by atoms with Gasteiger partial charge in [0, 0.05) is 12.6 Å².